The van der Waals surface area contributed by atoms with Crippen LogP contribution in [0.3, 0.4) is 0 Å². The van der Waals surface area contributed by atoms with Crippen molar-refractivity contribution in [3.63, 3.8) is 0 Å². The fourth-order valence-corrected chi connectivity index (χ4v) is 1.90. The number of carboxylic acid groups (broad SMARTS) is 1. The van der Waals surface area contributed by atoms with E-state index < -0.39 is 17.9 Å². The highest BCUT2D eigenvalue weighted by Crippen LogP contribution is 2.40. The molecule has 1 unspecified atom stereocenters. The van der Waals surface area contributed by atoms with E-state index in [-0.39, 0.29) is 5.76 Å². The van der Waals surface area contributed by atoms with Crippen LogP contribution in [0.15, 0.2) is 17.1 Å². The molecule has 2 rings (SSSR count). The van der Waals surface area contributed by atoms with Crippen LogP contribution in [0.2, 0.25) is 0 Å². The minimum Gasteiger partial charge on any atom is -0.480 e. The first-order chi connectivity index (χ1) is 9.52. The average Bonchev–Trinajstić information content (AvgIpc) is 3.17. The Balaban J connectivity index is 2.05. The molecular weight excluding hydrogens is 260 g/mol. The lowest BCUT2D eigenvalue weighted by molar-refractivity contribution is -0.139. The van der Waals surface area contributed by atoms with Gasteiger partial charge < -0.3 is 14.8 Å². The lowest BCUT2D eigenvalue weighted by atomic mass is 10.1. The number of aromatic nitrogens is 1. The van der Waals surface area contributed by atoms with Gasteiger partial charge in [-0.25, -0.2) is 9.78 Å². The Labute approximate surface area is 116 Å². The Morgan fingerprint density at radius 2 is 2.30 bits per heavy atom. The molecule has 0 radical (unpaired) electrons. The molecule has 1 heterocycles. The first-order valence-electron chi connectivity index (χ1n) is 6.64. The molecule has 1 atom stereocenters. The van der Waals surface area contributed by atoms with Gasteiger partial charge in [-0.15, -0.1) is 6.58 Å². The van der Waals surface area contributed by atoms with E-state index in [1.165, 1.54) is 0 Å². The van der Waals surface area contributed by atoms with Crippen LogP contribution in [0.5, 0.6) is 0 Å². The molecule has 6 nitrogen and oxygen atoms in total. The molecule has 0 saturated heterocycles. The van der Waals surface area contributed by atoms with Gasteiger partial charge in [0.15, 0.2) is 5.89 Å². The van der Waals surface area contributed by atoms with Crippen LogP contribution in [0.25, 0.3) is 0 Å². The predicted octanol–water partition coefficient (Wildman–Crippen LogP) is 2.01. The highest BCUT2D eigenvalue weighted by atomic mass is 16.4. The summed E-state index contributed by atoms with van der Waals surface area (Å²) in [6.07, 6.45) is 4.48. The van der Waals surface area contributed by atoms with Gasteiger partial charge >= 0.3 is 5.97 Å². The number of carboxylic acids is 1. The van der Waals surface area contributed by atoms with Crippen LogP contribution >= 0.6 is 0 Å². The van der Waals surface area contributed by atoms with E-state index in [9.17, 15) is 9.59 Å². The number of allylic oxidation sites excluding steroid dienone is 1. The largest absolute Gasteiger partial charge is 0.480 e. The number of rotatable bonds is 7. The number of aryl methyl sites for hydroxylation is 1. The second-order valence-electron chi connectivity index (χ2n) is 4.97. The highest BCUT2D eigenvalue weighted by molar-refractivity contribution is 5.95. The van der Waals surface area contributed by atoms with Crippen molar-refractivity contribution in [1.82, 2.24) is 10.3 Å². The summed E-state index contributed by atoms with van der Waals surface area (Å²) in [5.41, 5.74) is 0.497. The quantitative estimate of drug-likeness (QED) is 0.744. The number of nitrogens with zero attached hydrogens (tertiary/aromatic N) is 1. The monoisotopic (exact) mass is 278 g/mol. The van der Waals surface area contributed by atoms with Crippen LogP contribution < -0.4 is 5.32 Å². The zero-order valence-electron chi connectivity index (χ0n) is 11.4. The maximum absolute atomic E-state index is 12.1. The Kier molecular flexibility index (Phi) is 4.22. The van der Waals surface area contributed by atoms with Crippen LogP contribution in [0, 0.1) is 6.92 Å². The minimum absolute atomic E-state index is 0.108. The third-order valence-corrected chi connectivity index (χ3v) is 3.21. The lowest BCUT2D eigenvalue weighted by Gasteiger charge is -2.12. The van der Waals surface area contributed by atoms with E-state index in [4.69, 9.17) is 9.52 Å². The number of aliphatic carboxylic acids is 1. The maximum Gasteiger partial charge on any atom is 0.326 e. The molecule has 108 valence electrons. The van der Waals surface area contributed by atoms with Gasteiger partial charge in [0.25, 0.3) is 5.91 Å². The first-order valence-corrected chi connectivity index (χ1v) is 6.64. The molecule has 0 bridgehead atoms. The molecule has 1 saturated carbocycles. The Morgan fingerprint density at radius 1 is 1.60 bits per heavy atom. The standard InChI is InChI=1S/C14H18N2O4/c1-3-4-5-10(14(18)19)16-12(17)11-8(2)15-13(20-11)9-6-7-9/h3,9-10H,1,4-7H2,2H3,(H,16,17)(H,18,19). The smallest absolute Gasteiger partial charge is 0.326 e. The zero-order chi connectivity index (χ0) is 14.7. The predicted molar refractivity (Wildman–Crippen MR) is 71.5 cm³/mol. The first kappa shape index (κ1) is 14.3. The van der Waals surface area contributed by atoms with Gasteiger partial charge in [0, 0.05) is 5.92 Å². The van der Waals surface area contributed by atoms with E-state index in [1.54, 1.807) is 13.0 Å². The number of carbonyl (C=O) groups is 2. The molecule has 1 aromatic rings. The van der Waals surface area contributed by atoms with Gasteiger partial charge in [0.05, 0.1) is 5.69 Å². The molecule has 1 aliphatic rings. The summed E-state index contributed by atoms with van der Waals surface area (Å²) in [6, 6.07) is -0.950. The summed E-state index contributed by atoms with van der Waals surface area (Å²) in [7, 11) is 0. The Hall–Kier alpha value is -2.11. The molecule has 2 N–H and O–H groups in total. The maximum atomic E-state index is 12.1. The topological polar surface area (TPSA) is 92.4 Å². The molecule has 1 amide bonds. The SMILES string of the molecule is C=CCCC(NC(=O)c1oc(C2CC2)nc1C)C(=O)O. The fourth-order valence-electron chi connectivity index (χ4n) is 1.90. The van der Waals surface area contributed by atoms with Gasteiger partial charge in [-0.1, -0.05) is 6.08 Å². The van der Waals surface area contributed by atoms with Crippen LogP contribution in [-0.4, -0.2) is 28.0 Å². The molecular formula is C14H18N2O4. The Morgan fingerprint density at radius 3 is 2.85 bits per heavy atom. The highest BCUT2D eigenvalue weighted by Gasteiger charge is 2.31. The minimum atomic E-state index is -1.07. The molecule has 1 aliphatic carbocycles. The molecule has 0 aromatic carbocycles. The summed E-state index contributed by atoms with van der Waals surface area (Å²) in [5.74, 6) is -0.605. The second kappa shape index (κ2) is 5.90. The van der Waals surface area contributed by atoms with E-state index in [2.05, 4.69) is 16.9 Å². The number of oxazole rings is 1. The van der Waals surface area contributed by atoms with E-state index in [0.29, 0.717) is 30.3 Å². The second-order valence-corrected chi connectivity index (χ2v) is 4.97. The van der Waals surface area contributed by atoms with Crippen molar-refractivity contribution in [2.24, 2.45) is 0 Å². The van der Waals surface area contributed by atoms with Crippen molar-refractivity contribution in [1.29, 1.82) is 0 Å². The summed E-state index contributed by atoms with van der Waals surface area (Å²) >= 11 is 0. The lowest BCUT2D eigenvalue weighted by Crippen LogP contribution is -2.40. The van der Waals surface area contributed by atoms with Gasteiger partial charge in [-0.05, 0) is 32.6 Å². The molecule has 0 aliphatic heterocycles. The number of hydrogen-bond acceptors (Lipinski definition) is 4. The van der Waals surface area contributed by atoms with Crippen molar-refractivity contribution in [2.45, 2.75) is 44.6 Å². The molecule has 0 spiro atoms. The van der Waals surface area contributed by atoms with Crippen LogP contribution in [0.1, 0.15) is 53.7 Å². The van der Waals surface area contributed by atoms with E-state index >= 15 is 0 Å². The van der Waals surface area contributed by atoms with E-state index in [0.717, 1.165) is 12.8 Å². The van der Waals surface area contributed by atoms with E-state index in [1.807, 2.05) is 0 Å². The summed E-state index contributed by atoms with van der Waals surface area (Å²) < 4.78 is 5.45. The summed E-state index contributed by atoms with van der Waals surface area (Å²) in [6.45, 7) is 5.22. The summed E-state index contributed by atoms with van der Waals surface area (Å²) in [4.78, 5) is 27.4. The number of carbonyl (C=O) groups excluding carboxylic acids is 1. The molecule has 1 fully saturated rings. The number of amides is 1. The zero-order valence-corrected chi connectivity index (χ0v) is 11.4. The third kappa shape index (κ3) is 3.26. The summed E-state index contributed by atoms with van der Waals surface area (Å²) in [5, 5.41) is 11.5. The molecule has 1 aromatic heterocycles. The number of hydrogen-bond donors (Lipinski definition) is 2. The third-order valence-electron chi connectivity index (χ3n) is 3.21. The Bertz CT molecular complexity index is 531. The van der Waals surface area contributed by atoms with Crippen molar-refractivity contribution in [3.8, 4) is 0 Å². The van der Waals surface area contributed by atoms with Crippen molar-refractivity contribution in [3.05, 3.63) is 30.0 Å². The van der Waals surface area contributed by atoms with Gasteiger partial charge in [-0.3, -0.25) is 4.79 Å². The van der Waals surface area contributed by atoms with Crippen LogP contribution in [-0.2, 0) is 4.79 Å². The van der Waals surface area contributed by atoms with Crippen molar-refractivity contribution < 1.29 is 19.1 Å². The average molecular weight is 278 g/mol. The van der Waals surface area contributed by atoms with Gasteiger partial charge in [0.2, 0.25) is 5.76 Å². The van der Waals surface area contributed by atoms with Gasteiger partial charge in [-0.2, -0.15) is 0 Å². The van der Waals surface area contributed by atoms with Crippen molar-refractivity contribution in [2.75, 3.05) is 0 Å². The van der Waals surface area contributed by atoms with Crippen molar-refractivity contribution >= 4 is 11.9 Å². The molecule has 20 heavy (non-hydrogen) atoms. The number of nitrogens with one attached hydrogen (secondary N) is 1. The normalized spacial score (nSPS) is 15.7. The fraction of sp³-hybridized carbons (Fsp3) is 0.500. The van der Waals surface area contributed by atoms with Gasteiger partial charge in [0.1, 0.15) is 6.04 Å². The van der Waals surface area contributed by atoms with Crippen LogP contribution in [0.4, 0.5) is 0 Å². The molecule has 6 heteroatoms.